The van der Waals surface area contributed by atoms with Gasteiger partial charge in [-0.2, -0.15) is 0 Å². The zero-order valence-corrected chi connectivity index (χ0v) is 27.9. The molecular weight excluding hydrogens is 629 g/mol. The number of hydrogen-bond acceptors (Lipinski definition) is 9. The van der Waals surface area contributed by atoms with E-state index in [1.165, 1.54) is 32.5 Å². The molecule has 4 aromatic rings. The van der Waals surface area contributed by atoms with Gasteiger partial charge in [-0.1, -0.05) is 0 Å². The van der Waals surface area contributed by atoms with E-state index >= 15 is 0 Å². The number of anilines is 2. The second-order valence-corrected chi connectivity index (χ2v) is 14.3. The van der Waals surface area contributed by atoms with Crippen molar-refractivity contribution in [2.45, 2.75) is 65.6 Å². The largest absolute Gasteiger partial charge is 0.465 e. The quantitative estimate of drug-likeness (QED) is 0.188. The Hall–Kier alpha value is -4.56. The molecule has 12 nitrogen and oxygen atoms in total. The first-order valence-corrected chi connectivity index (χ1v) is 16.5. The first-order chi connectivity index (χ1) is 21.8. The first-order valence-electron chi connectivity index (χ1n) is 14.8. The maximum atomic E-state index is 13.3. The number of rotatable bonds is 8. The SMILES string of the molecule is CC(C)N(CCC(=O)Nc1sc2c(c1-c1nc3cc(C(=O)Nc4cccnc4)ccc3s1)CCN(C(=O)O)C2)C(=O)OC(C)(C)C. The Morgan fingerprint density at radius 2 is 1.91 bits per heavy atom. The number of hydrogen-bond donors (Lipinski definition) is 3. The number of fused-ring (bicyclic) bond motifs is 2. The zero-order valence-electron chi connectivity index (χ0n) is 26.2. The van der Waals surface area contributed by atoms with Crippen LogP contribution in [-0.2, 0) is 22.5 Å². The third kappa shape index (κ3) is 7.62. The maximum Gasteiger partial charge on any atom is 0.410 e. The Balaban J connectivity index is 1.41. The van der Waals surface area contributed by atoms with Crippen LogP contribution in [0.4, 0.5) is 20.3 Å². The van der Waals surface area contributed by atoms with Crippen LogP contribution in [0.1, 0.15) is 61.8 Å². The monoisotopic (exact) mass is 664 g/mol. The number of carboxylic acid groups (broad SMARTS) is 1. The molecule has 0 bridgehead atoms. The highest BCUT2D eigenvalue weighted by Gasteiger charge is 2.30. The van der Waals surface area contributed by atoms with Crippen LogP contribution in [0.3, 0.4) is 0 Å². The van der Waals surface area contributed by atoms with Gasteiger partial charge in [-0.05, 0) is 76.9 Å². The molecular formula is C32H36N6O6S2. The first kappa shape index (κ1) is 32.8. The molecule has 0 unspecified atom stereocenters. The van der Waals surface area contributed by atoms with Gasteiger partial charge in [0, 0.05) is 47.8 Å². The van der Waals surface area contributed by atoms with Gasteiger partial charge in [-0.15, -0.1) is 22.7 Å². The number of thiazole rings is 1. The van der Waals surface area contributed by atoms with Gasteiger partial charge in [0.25, 0.3) is 5.91 Å². The zero-order chi connectivity index (χ0) is 33.2. The lowest BCUT2D eigenvalue weighted by Gasteiger charge is -2.29. The number of nitrogens with one attached hydrogen (secondary N) is 2. The summed E-state index contributed by atoms with van der Waals surface area (Å²) in [6, 6.07) is 8.62. The number of thiophene rings is 1. The fraction of sp³-hybridized carbons (Fsp3) is 0.375. The molecule has 3 N–H and O–H groups in total. The van der Waals surface area contributed by atoms with Gasteiger partial charge in [0.15, 0.2) is 0 Å². The van der Waals surface area contributed by atoms with E-state index in [9.17, 15) is 24.3 Å². The van der Waals surface area contributed by atoms with Crippen molar-refractivity contribution in [2.75, 3.05) is 23.7 Å². The minimum absolute atomic E-state index is 0.0376. The minimum atomic E-state index is -1.00. The summed E-state index contributed by atoms with van der Waals surface area (Å²) in [4.78, 5) is 63.3. The summed E-state index contributed by atoms with van der Waals surface area (Å²) >= 11 is 2.77. The average molecular weight is 665 g/mol. The Kier molecular flexibility index (Phi) is 9.58. The van der Waals surface area contributed by atoms with Gasteiger partial charge < -0.3 is 30.3 Å². The molecule has 4 heterocycles. The van der Waals surface area contributed by atoms with Crippen molar-refractivity contribution in [3.05, 3.63) is 58.7 Å². The number of pyridine rings is 1. The van der Waals surface area contributed by atoms with Crippen molar-refractivity contribution in [1.82, 2.24) is 19.8 Å². The lowest BCUT2D eigenvalue weighted by molar-refractivity contribution is -0.116. The number of aromatic nitrogens is 2. The second-order valence-electron chi connectivity index (χ2n) is 12.1. The summed E-state index contributed by atoms with van der Waals surface area (Å²) < 4.78 is 6.38. The van der Waals surface area contributed by atoms with Crippen LogP contribution in [0.25, 0.3) is 20.8 Å². The molecule has 0 saturated heterocycles. The van der Waals surface area contributed by atoms with E-state index in [4.69, 9.17) is 9.72 Å². The van der Waals surface area contributed by atoms with Crippen LogP contribution in [0.15, 0.2) is 42.7 Å². The molecule has 0 atom stereocenters. The third-order valence-electron chi connectivity index (χ3n) is 7.19. The molecule has 242 valence electrons. The highest BCUT2D eigenvalue weighted by atomic mass is 32.1. The normalized spacial score (nSPS) is 13.0. The number of carbonyl (C=O) groups is 4. The van der Waals surface area contributed by atoms with Crippen LogP contribution >= 0.6 is 22.7 Å². The van der Waals surface area contributed by atoms with Crippen LogP contribution in [0, 0.1) is 0 Å². The molecule has 14 heteroatoms. The van der Waals surface area contributed by atoms with Crippen molar-refractivity contribution in [2.24, 2.45) is 0 Å². The number of benzene rings is 1. The van der Waals surface area contributed by atoms with Crippen molar-refractivity contribution in [3.8, 4) is 10.6 Å². The summed E-state index contributed by atoms with van der Waals surface area (Å²) in [7, 11) is 0. The average Bonchev–Trinajstić information content (AvgIpc) is 3.56. The summed E-state index contributed by atoms with van der Waals surface area (Å²) in [6.07, 6.45) is 2.21. The van der Waals surface area contributed by atoms with E-state index in [1.807, 2.05) is 19.9 Å². The molecule has 0 fully saturated rings. The van der Waals surface area contributed by atoms with Gasteiger partial charge in [0.1, 0.15) is 15.6 Å². The molecule has 46 heavy (non-hydrogen) atoms. The van der Waals surface area contributed by atoms with Gasteiger partial charge in [0.05, 0.1) is 28.6 Å². The molecule has 0 radical (unpaired) electrons. The lowest BCUT2D eigenvalue weighted by atomic mass is 10.0. The fourth-order valence-electron chi connectivity index (χ4n) is 4.99. The van der Waals surface area contributed by atoms with E-state index in [2.05, 4.69) is 15.6 Å². The van der Waals surface area contributed by atoms with Crippen molar-refractivity contribution >= 4 is 67.6 Å². The molecule has 1 aromatic carbocycles. The van der Waals surface area contributed by atoms with E-state index in [0.717, 1.165) is 20.7 Å². The minimum Gasteiger partial charge on any atom is -0.465 e. The fourth-order valence-corrected chi connectivity index (χ4v) is 7.36. The molecule has 0 aliphatic carbocycles. The molecule has 4 amide bonds. The van der Waals surface area contributed by atoms with Crippen LogP contribution in [-0.4, -0.2) is 73.6 Å². The second kappa shape index (κ2) is 13.4. The Labute approximate surface area is 274 Å². The van der Waals surface area contributed by atoms with Gasteiger partial charge >= 0.3 is 12.2 Å². The summed E-state index contributed by atoms with van der Waals surface area (Å²) in [5.74, 6) is -0.583. The summed E-state index contributed by atoms with van der Waals surface area (Å²) in [5.41, 5.74) is 2.69. The predicted octanol–water partition coefficient (Wildman–Crippen LogP) is 6.68. The Morgan fingerprint density at radius 3 is 2.59 bits per heavy atom. The maximum absolute atomic E-state index is 13.3. The Morgan fingerprint density at radius 1 is 1.13 bits per heavy atom. The third-order valence-corrected chi connectivity index (χ3v) is 9.38. The van der Waals surface area contributed by atoms with Crippen molar-refractivity contribution in [3.63, 3.8) is 0 Å². The Bertz CT molecular complexity index is 1780. The number of nitrogens with zero attached hydrogens (tertiary/aromatic N) is 4. The van der Waals surface area contributed by atoms with E-state index in [0.29, 0.717) is 39.7 Å². The van der Waals surface area contributed by atoms with Crippen LogP contribution in [0.5, 0.6) is 0 Å². The van der Waals surface area contributed by atoms with Crippen LogP contribution in [0.2, 0.25) is 0 Å². The van der Waals surface area contributed by atoms with Gasteiger partial charge in [0.2, 0.25) is 5.91 Å². The lowest BCUT2D eigenvalue weighted by Crippen LogP contribution is -2.42. The highest BCUT2D eigenvalue weighted by molar-refractivity contribution is 7.23. The molecule has 1 aliphatic rings. The molecule has 0 saturated carbocycles. The summed E-state index contributed by atoms with van der Waals surface area (Å²) in [5, 5.41) is 16.7. The molecule has 1 aliphatic heterocycles. The topological polar surface area (TPSA) is 154 Å². The van der Waals surface area contributed by atoms with Gasteiger partial charge in [-0.3, -0.25) is 14.6 Å². The predicted molar refractivity (Wildman–Crippen MR) is 179 cm³/mol. The molecule has 3 aromatic heterocycles. The van der Waals surface area contributed by atoms with E-state index in [-0.39, 0.29) is 37.4 Å². The summed E-state index contributed by atoms with van der Waals surface area (Å²) in [6.45, 7) is 9.80. The molecule has 0 spiro atoms. The van der Waals surface area contributed by atoms with Crippen molar-refractivity contribution < 1.29 is 29.0 Å². The smallest absolute Gasteiger partial charge is 0.410 e. The number of ether oxygens (including phenoxy) is 1. The highest BCUT2D eigenvalue weighted by Crippen LogP contribution is 2.46. The van der Waals surface area contributed by atoms with Crippen molar-refractivity contribution in [1.29, 1.82) is 0 Å². The number of carbonyl (C=O) groups excluding carboxylic acids is 3. The van der Waals surface area contributed by atoms with Crippen LogP contribution < -0.4 is 10.6 Å². The van der Waals surface area contributed by atoms with Gasteiger partial charge in [-0.25, -0.2) is 14.6 Å². The number of amides is 4. The molecule has 5 rings (SSSR count). The van der Waals surface area contributed by atoms with E-state index < -0.39 is 17.8 Å². The standard InChI is InChI=1S/C32H36N6O6S2/c1-18(2)38(31(43)44-32(3,4)5)14-11-25(39)36-29-26(21-10-13-37(30(41)42)17-24(21)46-29)28-35-22-15-19(8-9-23(22)45-28)27(40)34-20-7-6-12-33-16-20/h6-9,12,15-16,18H,10-11,13-14,17H2,1-5H3,(H,34,40)(H,36,39)(H,41,42). The van der Waals surface area contributed by atoms with E-state index in [1.54, 1.807) is 57.4 Å².